The number of carbonyl (C=O) groups is 1. The van der Waals surface area contributed by atoms with Crippen LogP contribution in [0.25, 0.3) is 5.57 Å². The van der Waals surface area contributed by atoms with Crippen molar-refractivity contribution in [2.75, 3.05) is 30.9 Å². The number of aromatic nitrogens is 4. The molecule has 168 valence electrons. The number of hydrogen-bond acceptors (Lipinski definition) is 7. The third-order valence-corrected chi connectivity index (χ3v) is 5.42. The maximum Gasteiger partial charge on any atom is 0.284 e. The molecule has 11 heteroatoms. The van der Waals surface area contributed by atoms with Crippen LogP contribution in [0, 0.1) is 5.92 Å². The highest BCUT2D eigenvalue weighted by molar-refractivity contribution is 6.24. The second kappa shape index (κ2) is 9.82. The molecule has 0 atom stereocenters. The van der Waals surface area contributed by atoms with Crippen LogP contribution >= 0.6 is 0 Å². The molecule has 9 nitrogen and oxygen atoms in total. The van der Waals surface area contributed by atoms with Gasteiger partial charge in [0.25, 0.3) is 12.3 Å². The molecule has 0 unspecified atom stereocenters. The molecule has 0 saturated heterocycles. The van der Waals surface area contributed by atoms with E-state index < -0.39 is 18.0 Å². The van der Waals surface area contributed by atoms with Gasteiger partial charge in [0.1, 0.15) is 5.82 Å². The number of aliphatic hydroxyl groups excluding tert-OH is 1. The minimum Gasteiger partial charge on any atom is -0.404 e. The zero-order valence-electron chi connectivity index (χ0n) is 17.5. The molecule has 1 fully saturated rings. The molecule has 3 rings (SSSR count). The quantitative estimate of drug-likeness (QED) is 0.571. The number of rotatable bonds is 7. The second-order valence-electron chi connectivity index (χ2n) is 7.73. The van der Waals surface area contributed by atoms with E-state index >= 15 is 0 Å². The van der Waals surface area contributed by atoms with Crippen molar-refractivity contribution in [3.05, 3.63) is 36.2 Å². The lowest BCUT2D eigenvalue weighted by atomic mass is 9.87. The first-order valence-corrected chi connectivity index (χ1v) is 10.1. The van der Waals surface area contributed by atoms with Crippen LogP contribution in [0.1, 0.15) is 49.7 Å². The normalized spacial score (nSPS) is 19.5. The molecule has 1 saturated carbocycles. The van der Waals surface area contributed by atoms with Crippen molar-refractivity contribution in [2.45, 2.75) is 38.2 Å². The second-order valence-corrected chi connectivity index (χ2v) is 7.73. The number of alkyl halides is 2. The van der Waals surface area contributed by atoms with Gasteiger partial charge in [0.15, 0.2) is 11.5 Å². The molecule has 1 amide bonds. The molecular weight excluding hydrogens is 408 g/mol. The monoisotopic (exact) mass is 435 g/mol. The van der Waals surface area contributed by atoms with E-state index in [0.29, 0.717) is 5.82 Å². The summed E-state index contributed by atoms with van der Waals surface area (Å²) in [7, 11) is 3.57. The van der Waals surface area contributed by atoms with E-state index in [-0.39, 0.29) is 35.7 Å². The first-order valence-electron chi connectivity index (χ1n) is 10.1. The van der Waals surface area contributed by atoms with E-state index in [2.05, 4.69) is 20.4 Å². The zero-order valence-corrected chi connectivity index (χ0v) is 17.5. The topological polar surface area (TPSA) is 122 Å². The summed E-state index contributed by atoms with van der Waals surface area (Å²) in [6, 6.07) is 1.61. The van der Waals surface area contributed by atoms with Gasteiger partial charge in [0.2, 0.25) is 0 Å². The number of aliphatic hydroxyl groups is 1. The Morgan fingerprint density at radius 2 is 2.10 bits per heavy atom. The zero-order chi connectivity index (χ0) is 22.5. The minimum absolute atomic E-state index is 0.0416. The number of anilines is 2. The van der Waals surface area contributed by atoms with Gasteiger partial charge in [-0.05, 0) is 37.7 Å². The lowest BCUT2D eigenvalue weighted by Crippen LogP contribution is -2.20. The smallest absolute Gasteiger partial charge is 0.284 e. The summed E-state index contributed by atoms with van der Waals surface area (Å²) in [6.07, 6.45) is 4.15. The van der Waals surface area contributed by atoms with E-state index in [1.54, 1.807) is 25.1 Å². The molecule has 0 aliphatic heterocycles. The van der Waals surface area contributed by atoms with Crippen molar-refractivity contribution >= 4 is 23.0 Å². The molecule has 31 heavy (non-hydrogen) atoms. The van der Waals surface area contributed by atoms with Gasteiger partial charge < -0.3 is 21.1 Å². The molecule has 1 aliphatic rings. The van der Waals surface area contributed by atoms with Crippen molar-refractivity contribution in [1.29, 1.82) is 0 Å². The summed E-state index contributed by atoms with van der Waals surface area (Å²) in [4.78, 5) is 22.9. The van der Waals surface area contributed by atoms with Gasteiger partial charge in [0.05, 0.1) is 17.3 Å². The number of carbonyl (C=O) groups excluding carboxylic acids is 1. The summed E-state index contributed by atoms with van der Waals surface area (Å²) in [5.41, 5.74) is 5.00. The Labute approximate surface area is 179 Å². The molecule has 1 aliphatic carbocycles. The van der Waals surface area contributed by atoms with Gasteiger partial charge in [0, 0.05) is 39.3 Å². The van der Waals surface area contributed by atoms with Gasteiger partial charge in [-0.3, -0.25) is 9.48 Å². The summed E-state index contributed by atoms with van der Waals surface area (Å²) < 4.78 is 28.7. The Kier molecular flexibility index (Phi) is 7.16. The van der Waals surface area contributed by atoms with Gasteiger partial charge in [-0.15, -0.1) is 0 Å². The Balaban J connectivity index is 1.81. The number of nitrogens with one attached hydrogen (secondary N) is 1. The maximum absolute atomic E-state index is 13.6. The van der Waals surface area contributed by atoms with Crippen molar-refractivity contribution in [3.63, 3.8) is 0 Å². The predicted octanol–water partition coefficient (Wildman–Crippen LogP) is 2.34. The lowest BCUT2D eigenvalue weighted by molar-refractivity contribution is -0.111. The van der Waals surface area contributed by atoms with Crippen LogP contribution in [0.3, 0.4) is 0 Å². The molecule has 0 radical (unpaired) electrons. The number of nitrogens with two attached hydrogens (primary N) is 1. The van der Waals surface area contributed by atoms with Gasteiger partial charge >= 0.3 is 0 Å². The maximum atomic E-state index is 13.6. The third kappa shape index (κ3) is 5.16. The first kappa shape index (κ1) is 22.6. The molecule has 4 N–H and O–H groups in total. The van der Waals surface area contributed by atoms with Crippen LogP contribution in [0.4, 0.5) is 20.3 Å². The van der Waals surface area contributed by atoms with Gasteiger partial charge in [-0.2, -0.15) is 5.10 Å². The van der Waals surface area contributed by atoms with Crippen LogP contribution < -0.4 is 16.0 Å². The predicted molar refractivity (Wildman–Crippen MR) is 112 cm³/mol. The molecular formula is C20H27F2N7O2. The molecule has 2 heterocycles. The van der Waals surface area contributed by atoms with Crippen LogP contribution in [-0.4, -0.2) is 51.5 Å². The van der Waals surface area contributed by atoms with E-state index in [0.717, 1.165) is 31.9 Å². The van der Waals surface area contributed by atoms with E-state index in [1.807, 2.05) is 0 Å². The van der Waals surface area contributed by atoms with E-state index in [1.165, 1.54) is 17.1 Å². The summed E-state index contributed by atoms with van der Waals surface area (Å²) in [6.45, 7) is 0.126. The highest BCUT2D eigenvalue weighted by Gasteiger charge is 2.27. The van der Waals surface area contributed by atoms with Gasteiger partial charge in [-0.25, -0.2) is 18.7 Å². The fourth-order valence-corrected chi connectivity index (χ4v) is 3.61. The number of hydrogen-bond donors (Lipinski definition) is 3. The van der Waals surface area contributed by atoms with Gasteiger partial charge in [-0.1, -0.05) is 0 Å². The fourth-order valence-electron chi connectivity index (χ4n) is 3.61. The van der Waals surface area contributed by atoms with Crippen molar-refractivity contribution in [1.82, 2.24) is 19.7 Å². The molecule has 0 aromatic carbocycles. The number of nitrogens with zero attached hydrogens (tertiary/aromatic N) is 5. The lowest BCUT2D eigenvalue weighted by Gasteiger charge is -2.27. The fraction of sp³-hybridized carbons (Fsp3) is 0.500. The van der Waals surface area contributed by atoms with Crippen LogP contribution in [-0.2, 0) is 4.79 Å². The molecule has 2 aromatic heterocycles. The Bertz CT molecular complexity index is 937. The number of halogens is 2. The van der Waals surface area contributed by atoms with E-state index in [9.17, 15) is 18.7 Å². The van der Waals surface area contributed by atoms with Crippen LogP contribution in [0.5, 0.6) is 0 Å². The standard InChI is InChI=1S/C20H27F2N7O2/c1-28(2)16-7-8-24-19(26-16)14(9-23)20(31)25-15-10-29(27-17(15)18(21)22)13-5-3-12(11-30)4-6-13/h7-10,12-13,18,30H,3-6,11,23H2,1-2H3,(H,25,31). The van der Waals surface area contributed by atoms with Crippen molar-refractivity contribution < 1.29 is 18.7 Å². The highest BCUT2D eigenvalue weighted by Crippen LogP contribution is 2.34. The number of amides is 1. The first-order chi connectivity index (χ1) is 14.8. The van der Waals surface area contributed by atoms with E-state index in [4.69, 9.17) is 5.73 Å². The summed E-state index contributed by atoms with van der Waals surface area (Å²) in [5.74, 6) is 0.177. The third-order valence-electron chi connectivity index (χ3n) is 5.42. The summed E-state index contributed by atoms with van der Waals surface area (Å²) >= 11 is 0. The van der Waals surface area contributed by atoms with Crippen LogP contribution in [0.15, 0.2) is 24.7 Å². The highest BCUT2D eigenvalue weighted by atomic mass is 19.3. The average Bonchev–Trinajstić information content (AvgIpc) is 3.18. The van der Waals surface area contributed by atoms with Crippen LogP contribution in [0.2, 0.25) is 0 Å². The Morgan fingerprint density at radius 1 is 1.39 bits per heavy atom. The van der Waals surface area contributed by atoms with Crippen molar-refractivity contribution in [2.24, 2.45) is 11.7 Å². The molecule has 0 spiro atoms. The Hall–Kier alpha value is -3.08. The average molecular weight is 435 g/mol. The minimum atomic E-state index is -2.86. The SMILES string of the molecule is CN(C)c1ccnc(C(=CN)C(=O)Nc2cn(C3CCC(CO)CC3)nc2C(F)F)n1. The molecule has 2 aromatic rings. The Morgan fingerprint density at radius 3 is 2.68 bits per heavy atom. The molecule has 0 bridgehead atoms. The van der Waals surface area contributed by atoms with Crippen molar-refractivity contribution in [3.8, 4) is 0 Å². The largest absolute Gasteiger partial charge is 0.404 e. The summed E-state index contributed by atoms with van der Waals surface area (Å²) in [5, 5.41) is 15.8.